The van der Waals surface area contributed by atoms with Crippen LogP contribution < -0.4 is 5.32 Å². The van der Waals surface area contributed by atoms with Gasteiger partial charge in [0.05, 0.1) is 6.61 Å². The first-order valence-corrected chi connectivity index (χ1v) is 6.96. The summed E-state index contributed by atoms with van der Waals surface area (Å²) < 4.78 is 0. The summed E-state index contributed by atoms with van der Waals surface area (Å²) >= 11 is 0. The lowest BCUT2D eigenvalue weighted by molar-refractivity contribution is 0.0935. The standard InChI is InChI=1S/C17H23NO2/c1-4-17(2,3)13-18-16(20)15-10-8-14(9-11-15)7-5-6-12-19/h8-11,19H,4,6,12-13H2,1-3H3,(H,18,20). The molecule has 0 fully saturated rings. The van der Waals surface area contributed by atoms with Crippen LogP contribution in [0.4, 0.5) is 0 Å². The fourth-order valence-electron chi connectivity index (χ4n) is 1.47. The third-order valence-electron chi connectivity index (χ3n) is 3.30. The van der Waals surface area contributed by atoms with E-state index in [0.717, 1.165) is 12.0 Å². The maximum Gasteiger partial charge on any atom is 0.251 e. The molecule has 3 nitrogen and oxygen atoms in total. The van der Waals surface area contributed by atoms with Crippen LogP contribution in [0.1, 0.15) is 49.5 Å². The fraction of sp³-hybridized carbons (Fsp3) is 0.471. The van der Waals surface area contributed by atoms with Crippen molar-refractivity contribution in [3.05, 3.63) is 35.4 Å². The lowest BCUT2D eigenvalue weighted by Crippen LogP contribution is -2.33. The van der Waals surface area contributed by atoms with E-state index in [1.165, 1.54) is 0 Å². The highest BCUT2D eigenvalue weighted by Crippen LogP contribution is 2.17. The van der Waals surface area contributed by atoms with Gasteiger partial charge in [-0.05, 0) is 36.1 Å². The molecule has 0 aliphatic carbocycles. The average molecular weight is 273 g/mol. The molecule has 0 atom stereocenters. The molecule has 0 spiro atoms. The summed E-state index contributed by atoms with van der Waals surface area (Å²) in [5.74, 6) is 5.73. The van der Waals surface area contributed by atoms with E-state index in [1.807, 2.05) is 12.1 Å². The Morgan fingerprint density at radius 2 is 1.95 bits per heavy atom. The predicted molar refractivity (Wildman–Crippen MR) is 81.4 cm³/mol. The first kappa shape index (κ1) is 16.3. The highest BCUT2D eigenvalue weighted by Gasteiger charge is 2.16. The molecule has 108 valence electrons. The Morgan fingerprint density at radius 1 is 1.30 bits per heavy atom. The van der Waals surface area contributed by atoms with Crippen molar-refractivity contribution in [3.63, 3.8) is 0 Å². The van der Waals surface area contributed by atoms with Gasteiger partial charge < -0.3 is 10.4 Å². The Labute approximate surface area is 121 Å². The second-order valence-electron chi connectivity index (χ2n) is 5.55. The van der Waals surface area contributed by atoms with Crippen molar-refractivity contribution in [1.82, 2.24) is 5.32 Å². The number of benzene rings is 1. The molecule has 0 unspecified atom stereocenters. The molecule has 1 aromatic rings. The molecule has 0 saturated heterocycles. The van der Waals surface area contributed by atoms with Crippen molar-refractivity contribution in [2.24, 2.45) is 5.41 Å². The van der Waals surface area contributed by atoms with Gasteiger partial charge in [-0.3, -0.25) is 4.79 Å². The summed E-state index contributed by atoms with van der Waals surface area (Å²) in [6.07, 6.45) is 1.49. The Hall–Kier alpha value is -1.79. The maximum atomic E-state index is 12.0. The molecular weight excluding hydrogens is 250 g/mol. The highest BCUT2D eigenvalue weighted by atomic mass is 16.2. The van der Waals surface area contributed by atoms with Gasteiger partial charge >= 0.3 is 0 Å². The van der Waals surface area contributed by atoms with Gasteiger partial charge in [0.2, 0.25) is 0 Å². The first-order valence-electron chi connectivity index (χ1n) is 6.96. The maximum absolute atomic E-state index is 12.0. The summed E-state index contributed by atoms with van der Waals surface area (Å²) in [5, 5.41) is 11.6. The monoisotopic (exact) mass is 273 g/mol. The number of aliphatic hydroxyl groups excluding tert-OH is 1. The van der Waals surface area contributed by atoms with Crippen molar-refractivity contribution >= 4 is 5.91 Å². The van der Waals surface area contributed by atoms with Gasteiger partial charge in [-0.15, -0.1) is 0 Å². The SMILES string of the molecule is CCC(C)(C)CNC(=O)c1ccc(C#CCCO)cc1. The molecule has 0 bridgehead atoms. The number of hydrogen-bond acceptors (Lipinski definition) is 2. The number of rotatable bonds is 5. The van der Waals surface area contributed by atoms with Crippen molar-refractivity contribution in [3.8, 4) is 11.8 Å². The Morgan fingerprint density at radius 3 is 2.50 bits per heavy atom. The van der Waals surface area contributed by atoms with Gasteiger partial charge in [-0.1, -0.05) is 32.6 Å². The van der Waals surface area contributed by atoms with Crippen LogP contribution in [0.25, 0.3) is 0 Å². The summed E-state index contributed by atoms with van der Waals surface area (Å²) in [6.45, 7) is 7.12. The molecule has 0 aliphatic rings. The molecule has 0 aromatic heterocycles. The van der Waals surface area contributed by atoms with Crippen LogP contribution in [0.5, 0.6) is 0 Å². The Kier molecular flexibility index (Phi) is 6.27. The molecule has 20 heavy (non-hydrogen) atoms. The minimum absolute atomic E-state index is 0.0543. The summed E-state index contributed by atoms with van der Waals surface area (Å²) in [7, 11) is 0. The van der Waals surface area contributed by atoms with Crippen LogP contribution in [0.3, 0.4) is 0 Å². The Balaban J connectivity index is 2.60. The number of carbonyl (C=O) groups excluding carboxylic acids is 1. The van der Waals surface area contributed by atoms with Gasteiger partial charge in [0.15, 0.2) is 0 Å². The van der Waals surface area contributed by atoms with Crippen LogP contribution >= 0.6 is 0 Å². The average Bonchev–Trinajstić information content (AvgIpc) is 2.46. The minimum atomic E-state index is -0.0543. The van der Waals surface area contributed by atoms with Gasteiger partial charge in [-0.25, -0.2) is 0 Å². The number of hydrogen-bond donors (Lipinski definition) is 2. The molecule has 0 heterocycles. The van der Waals surface area contributed by atoms with E-state index >= 15 is 0 Å². The molecule has 2 N–H and O–H groups in total. The topological polar surface area (TPSA) is 49.3 Å². The second-order valence-corrected chi connectivity index (χ2v) is 5.55. The van der Waals surface area contributed by atoms with Crippen LogP contribution in [-0.2, 0) is 0 Å². The number of nitrogens with one attached hydrogen (secondary N) is 1. The molecule has 1 amide bonds. The number of aliphatic hydroxyl groups is 1. The van der Waals surface area contributed by atoms with Crippen LogP contribution in [0.15, 0.2) is 24.3 Å². The molecule has 1 aromatic carbocycles. The summed E-state index contributed by atoms with van der Waals surface area (Å²) in [5.41, 5.74) is 1.61. The number of amides is 1. The number of carbonyl (C=O) groups is 1. The zero-order valence-electron chi connectivity index (χ0n) is 12.5. The van der Waals surface area contributed by atoms with E-state index < -0.39 is 0 Å². The van der Waals surface area contributed by atoms with E-state index in [0.29, 0.717) is 18.5 Å². The first-order chi connectivity index (χ1) is 9.48. The zero-order valence-corrected chi connectivity index (χ0v) is 12.5. The molecule has 0 saturated carbocycles. The molecular formula is C17H23NO2. The third-order valence-corrected chi connectivity index (χ3v) is 3.30. The Bertz CT molecular complexity index is 492. The lowest BCUT2D eigenvalue weighted by Gasteiger charge is -2.22. The van der Waals surface area contributed by atoms with Crippen LogP contribution in [-0.4, -0.2) is 24.2 Å². The fourth-order valence-corrected chi connectivity index (χ4v) is 1.47. The van der Waals surface area contributed by atoms with E-state index in [1.54, 1.807) is 12.1 Å². The van der Waals surface area contributed by atoms with E-state index in [2.05, 4.69) is 37.9 Å². The second kappa shape index (κ2) is 7.72. The molecule has 0 radical (unpaired) electrons. The van der Waals surface area contributed by atoms with Gasteiger partial charge in [0, 0.05) is 24.1 Å². The molecule has 0 aliphatic heterocycles. The largest absolute Gasteiger partial charge is 0.395 e. The van der Waals surface area contributed by atoms with E-state index in [9.17, 15) is 4.79 Å². The highest BCUT2D eigenvalue weighted by molar-refractivity contribution is 5.94. The normalized spacial score (nSPS) is 10.6. The lowest BCUT2D eigenvalue weighted by atomic mass is 9.90. The van der Waals surface area contributed by atoms with Crippen molar-refractivity contribution in [2.45, 2.75) is 33.6 Å². The van der Waals surface area contributed by atoms with Gasteiger partial charge in [-0.2, -0.15) is 0 Å². The van der Waals surface area contributed by atoms with Crippen LogP contribution in [0.2, 0.25) is 0 Å². The molecule has 3 heteroatoms. The van der Waals surface area contributed by atoms with Crippen molar-refractivity contribution < 1.29 is 9.90 Å². The minimum Gasteiger partial charge on any atom is -0.395 e. The van der Waals surface area contributed by atoms with Gasteiger partial charge in [0.25, 0.3) is 5.91 Å². The quantitative estimate of drug-likeness (QED) is 0.810. The van der Waals surface area contributed by atoms with Gasteiger partial charge in [0.1, 0.15) is 0 Å². The van der Waals surface area contributed by atoms with Crippen LogP contribution in [0, 0.1) is 17.3 Å². The predicted octanol–water partition coefficient (Wildman–Crippen LogP) is 2.59. The van der Waals surface area contributed by atoms with E-state index in [4.69, 9.17) is 5.11 Å². The van der Waals surface area contributed by atoms with Crippen molar-refractivity contribution in [1.29, 1.82) is 0 Å². The summed E-state index contributed by atoms with van der Waals surface area (Å²) in [6, 6.07) is 7.20. The van der Waals surface area contributed by atoms with E-state index in [-0.39, 0.29) is 17.9 Å². The third kappa shape index (κ3) is 5.46. The molecule has 1 rings (SSSR count). The van der Waals surface area contributed by atoms with Crippen molar-refractivity contribution in [2.75, 3.05) is 13.2 Å². The smallest absolute Gasteiger partial charge is 0.251 e. The zero-order chi connectivity index (χ0) is 15.0. The summed E-state index contributed by atoms with van der Waals surface area (Å²) in [4.78, 5) is 12.0.